The second-order valence-electron chi connectivity index (χ2n) is 7.14. The summed E-state index contributed by atoms with van der Waals surface area (Å²) in [6, 6.07) is 6.14. The van der Waals surface area contributed by atoms with Crippen LogP contribution in [0.15, 0.2) is 18.2 Å². The molecule has 1 aromatic carbocycles. The van der Waals surface area contributed by atoms with Gasteiger partial charge in [0.1, 0.15) is 5.60 Å². The number of rotatable bonds is 4. The van der Waals surface area contributed by atoms with Gasteiger partial charge in [-0.2, -0.15) is 0 Å². The number of anilines is 1. The molecule has 1 aromatic rings. The highest BCUT2D eigenvalue weighted by Gasteiger charge is 2.37. The summed E-state index contributed by atoms with van der Waals surface area (Å²) in [6.07, 6.45) is 3.78. The number of hydrogen-bond donors (Lipinski definition) is 2. The second-order valence-corrected chi connectivity index (χ2v) is 7.14. The quantitative estimate of drug-likeness (QED) is 0.887. The molecule has 0 radical (unpaired) electrons. The van der Waals surface area contributed by atoms with Gasteiger partial charge in [0.2, 0.25) is 0 Å². The zero-order chi connectivity index (χ0) is 15.7. The van der Waals surface area contributed by atoms with E-state index >= 15 is 0 Å². The average molecular weight is 290 g/mol. The van der Waals surface area contributed by atoms with E-state index in [-0.39, 0.29) is 5.54 Å². The molecule has 1 amide bonds. The van der Waals surface area contributed by atoms with Crippen molar-refractivity contribution in [2.75, 3.05) is 5.32 Å². The molecular formula is C17H26N2O2. The Morgan fingerprint density at radius 2 is 2.05 bits per heavy atom. The number of nitrogens with one attached hydrogen (secondary N) is 1. The van der Waals surface area contributed by atoms with Crippen LogP contribution in [0, 0.1) is 6.92 Å². The van der Waals surface area contributed by atoms with Crippen LogP contribution in [0.25, 0.3) is 0 Å². The molecule has 0 unspecified atom stereocenters. The molecule has 21 heavy (non-hydrogen) atoms. The predicted molar refractivity (Wildman–Crippen MR) is 85.5 cm³/mol. The third-order valence-corrected chi connectivity index (χ3v) is 3.74. The maximum absolute atomic E-state index is 11.9. The van der Waals surface area contributed by atoms with Gasteiger partial charge < -0.3 is 10.5 Å². The van der Waals surface area contributed by atoms with Crippen LogP contribution in [-0.4, -0.2) is 17.2 Å². The van der Waals surface area contributed by atoms with E-state index in [2.05, 4.69) is 11.4 Å². The van der Waals surface area contributed by atoms with Crippen molar-refractivity contribution in [2.24, 2.45) is 5.73 Å². The van der Waals surface area contributed by atoms with Crippen molar-refractivity contribution in [3.05, 3.63) is 29.3 Å². The number of carbonyl (C=O) groups is 1. The number of hydrogen-bond acceptors (Lipinski definition) is 3. The van der Waals surface area contributed by atoms with Gasteiger partial charge in [-0.25, -0.2) is 4.79 Å². The van der Waals surface area contributed by atoms with Gasteiger partial charge in [0.05, 0.1) is 0 Å². The van der Waals surface area contributed by atoms with Crippen LogP contribution in [0.2, 0.25) is 0 Å². The first-order chi connectivity index (χ1) is 9.67. The molecule has 3 N–H and O–H groups in total. The lowest BCUT2D eigenvalue weighted by Crippen LogP contribution is -2.27. The Bertz CT molecular complexity index is 528. The molecule has 0 atom stereocenters. The van der Waals surface area contributed by atoms with Gasteiger partial charge in [-0.05, 0) is 70.6 Å². The number of amides is 1. The summed E-state index contributed by atoms with van der Waals surface area (Å²) in [5, 5.41) is 2.83. The van der Waals surface area contributed by atoms with Gasteiger partial charge >= 0.3 is 6.09 Å². The van der Waals surface area contributed by atoms with Crippen LogP contribution >= 0.6 is 0 Å². The third kappa shape index (κ3) is 5.05. The molecule has 1 aliphatic rings. The van der Waals surface area contributed by atoms with Gasteiger partial charge in [-0.1, -0.05) is 12.1 Å². The minimum atomic E-state index is -0.493. The van der Waals surface area contributed by atoms with Crippen LogP contribution < -0.4 is 11.1 Å². The van der Waals surface area contributed by atoms with E-state index in [9.17, 15) is 4.79 Å². The Balaban J connectivity index is 1.99. The highest BCUT2D eigenvalue weighted by Crippen LogP contribution is 2.36. The fraction of sp³-hybridized carbons (Fsp3) is 0.588. The zero-order valence-electron chi connectivity index (χ0n) is 13.5. The summed E-state index contributed by atoms with van der Waals surface area (Å²) >= 11 is 0. The van der Waals surface area contributed by atoms with Crippen molar-refractivity contribution in [1.82, 2.24) is 0 Å². The van der Waals surface area contributed by atoms with Gasteiger partial charge in [0.15, 0.2) is 0 Å². The second kappa shape index (κ2) is 5.68. The molecule has 0 aliphatic heterocycles. The molecule has 4 nitrogen and oxygen atoms in total. The summed E-state index contributed by atoms with van der Waals surface area (Å²) in [7, 11) is 0. The molecule has 1 aliphatic carbocycles. The number of carbonyl (C=O) groups excluding carboxylic acids is 1. The molecule has 0 saturated heterocycles. The molecule has 0 spiro atoms. The van der Waals surface area contributed by atoms with Gasteiger partial charge in [0, 0.05) is 11.2 Å². The Kier molecular flexibility index (Phi) is 4.28. The Hall–Kier alpha value is -1.55. The number of ether oxygens (including phenoxy) is 1. The molecule has 0 heterocycles. The standard InChI is InChI=1S/C17H26N2O2/c1-12-5-6-13(7-8-17(18)9-10-17)11-14(12)19-15(20)21-16(2,3)4/h5-6,11H,7-10,18H2,1-4H3,(H,19,20). The average Bonchev–Trinajstić information content (AvgIpc) is 3.06. The van der Waals surface area contributed by atoms with Crippen molar-refractivity contribution >= 4 is 11.8 Å². The normalized spacial score (nSPS) is 16.4. The fourth-order valence-corrected chi connectivity index (χ4v) is 2.18. The van der Waals surface area contributed by atoms with E-state index in [0.29, 0.717) is 0 Å². The minimum Gasteiger partial charge on any atom is -0.444 e. The van der Waals surface area contributed by atoms with Crippen LogP contribution in [0.3, 0.4) is 0 Å². The monoisotopic (exact) mass is 290 g/mol. The van der Waals surface area contributed by atoms with Crippen LogP contribution in [0.1, 0.15) is 51.2 Å². The van der Waals surface area contributed by atoms with E-state index in [1.807, 2.05) is 39.8 Å². The summed E-state index contributed by atoms with van der Waals surface area (Å²) in [5.41, 5.74) is 8.72. The minimum absolute atomic E-state index is 0.0592. The first-order valence-electron chi connectivity index (χ1n) is 7.55. The molecule has 1 saturated carbocycles. The summed E-state index contributed by atoms with van der Waals surface area (Å²) < 4.78 is 5.29. The van der Waals surface area contributed by atoms with E-state index in [1.54, 1.807) is 0 Å². The van der Waals surface area contributed by atoms with E-state index < -0.39 is 11.7 Å². The van der Waals surface area contributed by atoms with Crippen molar-refractivity contribution in [3.63, 3.8) is 0 Å². The molecule has 4 heteroatoms. The molecule has 0 aromatic heterocycles. The Morgan fingerprint density at radius 1 is 1.38 bits per heavy atom. The van der Waals surface area contributed by atoms with Crippen molar-refractivity contribution in [2.45, 2.75) is 64.5 Å². The lowest BCUT2D eigenvalue weighted by atomic mass is 10.0. The van der Waals surface area contributed by atoms with Gasteiger partial charge in [-0.3, -0.25) is 5.32 Å². The highest BCUT2D eigenvalue weighted by molar-refractivity contribution is 5.86. The number of aryl methyl sites for hydroxylation is 2. The summed E-state index contributed by atoms with van der Waals surface area (Å²) in [5.74, 6) is 0. The highest BCUT2D eigenvalue weighted by atomic mass is 16.6. The lowest BCUT2D eigenvalue weighted by molar-refractivity contribution is 0.0636. The fourth-order valence-electron chi connectivity index (χ4n) is 2.18. The maximum Gasteiger partial charge on any atom is 0.412 e. The van der Waals surface area contributed by atoms with Gasteiger partial charge in [-0.15, -0.1) is 0 Å². The van der Waals surface area contributed by atoms with Crippen molar-refractivity contribution in [3.8, 4) is 0 Å². The van der Waals surface area contributed by atoms with Crippen molar-refractivity contribution < 1.29 is 9.53 Å². The molecule has 116 valence electrons. The zero-order valence-corrected chi connectivity index (χ0v) is 13.5. The first-order valence-corrected chi connectivity index (χ1v) is 7.55. The molecule has 2 rings (SSSR count). The Labute approximate surface area is 127 Å². The van der Waals surface area contributed by atoms with E-state index in [4.69, 9.17) is 10.5 Å². The van der Waals surface area contributed by atoms with Gasteiger partial charge in [0.25, 0.3) is 0 Å². The number of nitrogens with two attached hydrogens (primary N) is 1. The smallest absolute Gasteiger partial charge is 0.412 e. The topological polar surface area (TPSA) is 64.3 Å². The van der Waals surface area contributed by atoms with E-state index in [0.717, 1.165) is 36.9 Å². The number of benzene rings is 1. The van der Waals surface area contributed by atoms with Crippen LogP contribution in [0.4, 0.5) is 10.5 Å². The van der Waals surface area contributed by atoms with E-state index in [1.165, 1.54) is 5.56 Å². The van der Waals surface area contributed by atoms with Crippen molar-refractivity contribution in [1.29, 1.82) is 0 Å². The maximum atomic E-state index is 11.9. The third-order valence-electron chi connectivity index (χ3n) is 3.74. The lowest BCUT2D eigenvalue weighted by Gasteiger charge is -2.20. The molecular weight excluding hydrogens is 264 g/mol. The summed E-state index contributed by atoms with van der Waals surface area (Å²) in [6.45, 7) is 7.53. The predicted octanol–water partition coefficient (Wildman–Crippen LogP) is 3.77. The molecule has 1 fully saturated rings. The van der Waals surface area contributed by atoms with Crippen LogP contribution in [-0.2, 0) is 11.2 Å². The van der Waals surface area contributed by atoms with Crippen LogP contribution in [0.5, 0.6) is 0 Å². The first kappa shape index (κ1) is 15.8. The molecule has 0 bridgehead atoms. The summed E-state index contributed by atoms with van der Waals surface area (Å²) in [4.78, 5) is 11.9. The SMILES string of the molecule is Cc1ccc(CCC2(N)CC2)cc1NC(=O)OC(C)(C)C. The largest absolute Gasteiger partial charge is 0.444 e. The Morgan fingerprint density at radius 3 is 2.62 bits per heavy atom.